The molecule has 3 rings (SSSR count). The molecule has 0 N–H and O–H groups in total. The van der Waals surface area contributed by atoms with Crippen LogP contribution in [-0.2, 0) is 11.3 Å². The summed E-state index contributed by atoms with van der Waals surface area (Å²) in [6.45, 7) is 3.35. The van der Waals surface area contributed by atoms with Crippen molar-refractivity contribution in [2.75, 3.05) is 13.7 Å². The number of nitrogens with zero attached hydrogens (tertiary/aromatic N) is 1. The first-order valence-electron chi connectivity index (χ1n) is 7.75. The lowest BCUT2D eigenvalue weighted by atomic mass is 10.0. The van der Waals surface area contributed by atoms with Crippen molar-refractivity contribution in [3.8, 4) is 0 Å². The Morgan fingerprint density at radius 1 is 1.43 bits per heavy atom. The van der Waals surface area contributed by atoms with E-state index in [1.165, 1.54) is 13.2 Å². The van der Waals surface area contributed by atoms with Gasteiger partial charge in [0.15, 0.2) is 0 Å². The van der Waals surface area contributed by atoms with E-state index in [4.69, 9.17) is 9.15 Å². The number of esters is 1. The van der Waals surface area contributed by atoms with Crippen molar-refractivity contribution >= 4 is 5.97 Å². The summed E-state index contributed by atoms with van der Waals surface area (Å²) in [7, 11) is 1.34. The monoisotopic (exact) mass is 317 g/mol. The van der Waals surface area contributed by atoms with E-state index in [1.54, 1.807) is 12.1 Å². The van der Waals surface area contributed by atoms with E-state index < -0.39 is 5.97 Å². The maximum Gasteiger partial charge on any atom is 0.374 e. The number of rotatable bonds is 4. The predicted octanol–water partition coefficient (Wildman–Crippen LogP) is 3.85. The summed E-state index contributed by atoms with van der Waals surface area (Å²) in [5, 5.41) is 0. The third-order valence-corrected chi connectivity index (χ3v) is 4.30. The van der Waals surface area contributed by atoms with Gasteiger partial charge in [-0.2, -0.15) is 0 Å². The lowest BCUT2D eigenvalue weighted by Crippen LogP contribution is -2.22. The second-order valence-corrected chi connectivity index (χ2v) is 5.90. The maximum atomic E-state index is 13.5. The highest BCUT2D eigenvalue weighted by Crippen LogP contribution is 2.33. The summed E-state index contributed by atoms with van der Waals surface area (Å²) in [6, 6.07) is 8.80. The van der Waals surface area contributed by atoms with Gasteiger partial charge in [-0.15, -0.1) is 0 Å². The van der Waals surface area contributed by atoms with Gasteiger partial charge in [-0.25, -0.2) is 9.18 Å². The molecule has 1 aliphatic heterocycles. The third-order valence-electron chi connectivity index (χ3n) is 4.30. The number of methoxy groups -OCH3 is 1. The van der Waals surface area contributed by atoms with Crippen LogP contribution in [0.3, 0.4) is 0 Å². The van der Waals surface area contributed by atoms with Crippen LogP contribution in [0.2, 0.25) is 0 Å². The average Bonchev–Trinajstić information content (AvgIpc) is 3.13. The number of ether oxygens (including phenoxy) is 1. The second kappa shape index (κ2) is 6.54. The molecule has 0 bridgehead atoms. The van der Waals surface area contributed by atoms with Gasteiger partial charge in [-0.05, 0) is 50.1 Å². The molecule has 1 aromatic carbocycles. The normalized spacial score (nSPS) is 18.3. The van der Waals surface area contributed by atoms with Gasteiger partial charge in [-0.3, -0.25) is 4.90 Å². The highest BCUT2D eigenvalue weighted by Gasteiger charge is 2.28. The molecular formula is C18H20FNO3. The second-order valence-electron chi connectivity index (χ2n) is 5.90. The van der Waals surface area contributed by atoms with Crippen LogP contribution in [0.25, 0.3) is 0 Å². The van der Waals surface area contributed by atoms with Crippen molar-refractivity contribution in [3.05, 3.63) is 58.8 Å². The molecule has 1 fully saturated rings. The fourth-order valence-corrected chi connectivity index (χ4v) is 3.23. The summed E-state index contributed by atoms with van der Waals surface area (Å²) in [5.74, 6) is 0.309. The standard InChI is InChI=1S/C18H20FNO3/c1-12-9-15(23-17(12)18(21)22-2)11-20-8-4-7-16(20)13-5-3-6-14(19)10-13/h3,5-6,9-10,16H,4,7-8,11H2,1-2H3/t16-/m0/s1. The van der Waals surface area contributed by atoms with Crippen molar-refractivity contribution in [2.45, 2.75) is 32.4 Å². The van der Waals surface area contributed by atoms with Gasteiger partial charge in [0.05, 0.1) is 13.7 Å². The summed E-state index contributed by atoms with van der Waals surface area (Å²) in [6.07, 6.45) is 2.05. The molecule has 0 amide bonds. The number of likely N-dealkylation sites (tertiary alicyclic amines) is 1. The molecule has 0 saturated carbocycles. The van der Waals surface area contributed by atoms with Gasteiger partial charge in [0.1, 0.15) is 11.6 Å². The van der Waals surface area contributed by atoms with Crippen LogP contribution in [-0.4, -0.2) is 24.5 Å². The molecule has 1 aromatic heterocycles. The zero-order valence-corrected chi connectivity index (χ0v) is 13.3. The molecule has 1 atom stereocenters. The minimum Gasteiger partial charge on any atom is -0.463 e. The fraction of sp³-hybridized carbons (Fsp3) is 0.389. The number of hydrogen-bond acceptors (Lipinski definition) is 4. The van der Waals surface area contributed by atoms with Crippen molar-refractivity contribution in [3.63, 3.8) is 0 Å². The molecular weight excluding hydrogens is 297 g/mol. The number of halogens is 1. The average molecular weight is 317 g/mol. The summed E-state index contributed by atoms with van der Waals surface area (Å²) >= 11 is 0. The Morgan fingerprint density at radius 2 is 2.26 bits per heavy atom. The quantitative estimate of drug-likeness (QED) is 0.803. The first-order valence-corrected chi connectivity index (χ1v) is 7.75. The molecule has 5 heteroatoms. The zero-order chi connectivity index (χ0) is 16.4. The van der Waals surface area contributed by atoms with Gasteiger partial charge in [-0.1, -0.05) is 12.1 Å². The predicted molar refractivity (Wildman–Crippen MR) is 83.6 cm³/mol. The summed E-state index contributed by atoms with van der Waals surface area (Å²) < 4.78 is 23.8. The molecule has 4 nitrogen and oxygen atoms in total. The van der Waals surface area contributed by atoms with Crippen molar-refractivity contribution < 1.29 is 18.3 Å². The number of hydrogen-bond donors (Lipinski definition) is 0. The van der Waals surface area contributed by atoms with Crippen LogP contribution in [0.15, 0.2) is 34.7 Å². The molecule has 1 saturated heterocycles. The molecule has 122 valence electrons. The molecule has 1 aliphatic rings. The Hall–Kier alpha value is -2.14. The van der Waals surface area contributed by atoms with Gasteiger partial charge in [0.2, 0.25) is 5.76 Å². The van der Waals surface area contributed by atoms with E-state index in [-0.39, 0.29) is 17.6 Å². The molecule has 0 aliphatic carbocycles. The van der Waals surface area contributed by atoms with Crippen LogP contribution in [0.1, 0.15) is 46.3 Å². The Morgan fingerprint density at radius 3 is 3.00 bits per heavy atom. The number of aryl methyl sites for hydroxylation is 1. The lowest BCUT2D eigenvalue weighted by Gasteiger charge is -2.23. The van der Waals surface area contributed by atoms with E-state index in [1.807, 2.05) is 19.1 Å². The van der Waals surface area contributed by atoms with Crippen molar-refractivity contribution in [1.82, 2.24) is 4.90 Å². The molecule has 2 heterocycles. The molecule has 2 aromatic rings. The molecule has 0 unspecified atom stereocenters. The largest absolute Gasteiger partial charge is 0.463 e. The Balaban J connectivity index is 1.78. The third kappa shape index (κ3) is 3.29. The van der Waals surface area contributed by atoms with Gasteiger partial charge in [0.25, 0.3) is 0 Å². The van der Waals surface area contributed by atoms with E-state index >= 15 is 0 Å². The zero-order valence-electron chi connectivity index (χ0n) is 13.3. The highest BCUT2D eigenvalue weighted by atomic mass is 19.1. The minimum absolute atomic E-state index is 0.178. The van der Waals surface area contributed by atoms with Crippen LogP contribution < -0.4 is 0 Å². The van der Waals surface area contributed by atoms with E-state index in [9.17, 15) is 9.18 Å². The Bertz CT molecular complexity index is 710. The van der Waals surface area contributed by atoms with Gasteiger partial charge in [0, 0.05) is 11.6 Å². The first-order chi connectivity index (χ1) is 11.1. The van der Waals surface area contributed by atoms with Crippen LogP contribution >= 0.6 is 0 Å². The molecule has 0 spiro atoms. The van der Waals surface area contributed by atoms with E-state index in [2.05, 4.69) is 4.90 Å². The summed E-state index contributed by atoms with van der Waals surface area (Å²) in [5.41, 5.74) is 1.76. The lowest BCUT2D eigenvalue weighted by molar-refractivity contribution is 0.0559. The molecule has 23 heavy (non-hydrogen) atoms. The van der Waals surface area contributed by atoms with Crippen LogP contribution in [0.5, 0.6) is 0 Å². The number of carbonyl (C=O) groups excluding carboxylic acids is 1. The van der Waals surface area contributed by atoms with Crippen molar-refractivity contribution in [2.24, 2.45) is 0 Å². The fourth-order valence-electron chi connectivity index (χ4n) is 3.23. The van der Waals surface area contributed by atoms with E-state index in [0.717, 1.165) is 36.3 Å². The SMILES string of the molecule is COC(=O)c1oc(CN2CCC[C@H]2c2cccc(F)c2)cc1C. The maximum absolute atomic E-state index is 13.5. The van der Waals surface area contributed by atoms with Gasteiger partial charge < -0.3 is 9.15 Å². The smallest absolute Gasteiger partial charge is 0.374 e. The Kier molecular flexibility index (Phi) is 4.48. The van der Waals surface area contributed by atoms with E-state index in [0.29, 0.717) is 6.54 Å². The number of furan rings is 1. The molecule has 0 radical (unpaired) electrons. The van der Waals surface area contributed by atoms with Crippen LogP contribution in [0, 0.1) is 12.7 Å². The van der Waals surface area contributed by atoms with Crippen molar-refractivity contribution in [1.29, 1.82) is 0 Å². The highest BCUT2D eigenvalue weighted by molar-refractivity contribution is 5.87. The minimum atomic E-state index is -0.461. The van der Waals surface area contributed by atoms with Crippen LogP contribution in [0.4, 0.5) is 4.39 Å². The topological polar surface area (TPSA) is 42.7 Å². The number of benzene rings is 1. The Labute approximate surface area is 134 Å². The first kappa shape index (κ1) is 15.7. The van der Waals surface area contributed by atoms with Gasteiger partial charge >= 0.3 is 5.97 Å². The number of carbonyl (C=O) groups is 1. The summed E-state index contributed by atoms with van der Waals surface area (Å²) in [4.78, 5) is 13.9.